The van der Waals surface area contributed by atoms with Crippen molar-refractivity contribution in [3.63, 3.8) is 0 Å². The summed E-state index contributed by atoms with van der Waals surface area (Å²) in [5.74, 6) is -0.603. The quantitative estimate of drug-likeness (QED) is 0.480. The fourth-order valence-electron chi connectivity index (χ4n) is 2.94. The van der Waals surface area contributed by atoms with Crippen molar-refractivity contribution in [2.75, 3.05) is 5.32 Å². The van der Waals surface area contributed by atoms with Gasteiger partial charge in [-0.1, -0.05) is 36.9 Å². The van der Waals surface area contributed by atoms with Crippen LogP contribution in [-0.4, -0.2) is 30.3 Å². The average molecular weight is 423 g/mol. The third kappa shape index (κ3) is 3.97. The van der Waals surface area contributed by atoms with Crippen LogP contribution in [-0.2, 0) is 4.79 Å². The lowest BCUT2D eigenvalue weighted by Gasteiger charge is -2.14. The van der Waals surface area contributed by atoms with Crippen molar-refractivity contribution in [3.8, 4) is 5.69 Å². The number of hydrogen-bond acceptors (Lipinski definition) is 5. The summed E-state index contributed by atoms with van der Waals surface area (Å²) in [6.45, 7) is 1.88. The van der Waals surface area contributed by atoms with E-state index in [1.54, 1.807) is 16.8 Å². The summed E-state index contributed by atoms with van der Waals surface area (Å²) in [4.78, 5) is 25.5. The van der Waals surface area contributed by atoms with Gasteiger partial charge in [0.05, 0.1) is 5.25 Å². The minimum atomic E-state index is -0.459. The van der Waals surface area contributed by atoms with Crippen LogP contribution in [0.1, 0.15) is 13.3 Å². The number of halogens is 1. The molecule has 2 aromatic heterocycles. The second-order valence-electron chi connectivity index (χ2n) is 6.50. The van der Waals surface area contributed by atoms with Gasteiger partial charge in [-0.05, 0) is 42.8 Å². The summed E-state index contributed by atoms with van der Waals surface area (Å²) >= 11 is 1.22. The molecule has 0 fully saturated rings. The molecule has 0 saturated carbocycles. The Labute approximate surface area is 175 Å². The molecule has 0 aliphatic rings. The molecule has 4 aromatic rings. The molecule has 0 aliphatic heterocycles. The first kappa shape index (κ1) is 19.8. The van der Waals surface area contributed by atoms with E-state index in [0.29, 0.717) is 17.3 Å². The summed E-state index contributed by atoms with van der Waals surface area (Å²) in [5.41, 5.74) is 1.12. The van der Waals surface area contributed by atoms with E-state index in [1.165, 1.54) is 40.6 Å². The van der Waals surface area contributed by atoms with Gasteiger partial charge in [0.25, 0.3) is 0 Å². The molecule has 0 spiro atoms. The minimum absolute atomic E-state index is 0.178. The Balaban J connectivity index is 1.58. The Morgan fingerprint density at radius 2 is 1.83 bits per heavy atom. The second kappa shape index (κ2) is 8.50. The predicted molar refractivity (Wildman–Crippen MR) is 114 cm³/mol. The van der Waals surface area contributed by atoms with Crippen molar-refractivity contribution in [2.45, 2.75) is 23.8 Å². The zero-order valence-corrected chi connectivity index (χ0v) is 16.8. The van der Waals surface area contributed by atoms with E-state index in [9.17, 15) is 14.0 Å². The Morgan fingerprint density at radius 1 is 1.10 bits per heavy atom. The Bertz CT molecular complexity index is 1240. The third-order valence-electron chi connectivity index (χ3n) is 4.50. The standard InChI is InChI=1S/C21H18FN5O2S/c1-2-17(19(28)23-15-10-8-14(22)9-11-15)30-21-25-24-18-20(29)26(12-13-27(18)21)16-6-4-3-5-7-16/h3-13,17H,2H2,1H3,(H,23,28)/t17-/m1/s1. The average Bonchev–Trinajstić information content (AvgIpc) is 3.18. The van der Waals surface area contributed by atoms with Gasteiger partial charge < -0.3 is 5.32 Å². The predicted octanol–water partition coefficient (Wildman–Crippen LogP) is 3.53. The molecular formula is C21H18FN5O2S. The topological polar surface area (TPSA) is 81.3 Å². The summed E-state index contributed by atoms with van der Waals surface area (Å²) in [5, 5.41) is 10.9. The van der Waals surface area contributed by atoms with Crippen molar-refractivity contribution in [3.05, 3.63) is 83.2 Å². The highest BCUT2D eigenvalue weighted by Crippen LogP contribution is 2.25. The second-order valence-corrected chi connectivity index (χ2v) is 7.67. The minimum Gasteiger partial charge on any atom is -0.325 e. The van der Waals surface area contributed by atoms with Crippen LogP contribution in [0, 0.1) is 5.82 Å². The number of fused-ring (bicyclic) bond motifs is 1. The van der Waals surface area contributed by atoms with E-state index in [2.05, 4.69) is 15.5 Å². The van der Waals surface area contributed by atoms with Gasteiger partial charge >= 0.3 is 5.56 Å². The van der Waals surface area contributed by atoms with Gasteiger partial charge in [-0.3, -0.25) is 18.6 Å². The van der Waals surface area contributed by atoms with Gasteiger partial charge in [0.2, 0.25) is 11.6 Å². The number of aromatic nitrogens is 4. The number of benzene rings is 2. The number of rotatable bonds is 6. The molecule has 7 nitrogen and oxygen atoms in total. The molecule has 1 N–H and O–H groups in total. The SMILES string of the molecule is CC[C@@H](Sc1nnc2c(=O)n(-c3ccccc3)ccn12)C(=O)Nc1ccc(F)cc1. The first-order valence-electron chi connectivity index (χ1n) is 9.31. The smallest absolute Gasteiger partial charge is 0.300 e. The highest BCUT2D eigenvalue weighted by Gasteiger charge is 2.22. The molecule has 2 heterocycles. The Kier molecular flexibility index (Phi) is 5.62. The molecule has 2 aromatic carbocycles. The summed E-state index contributed by atoms with van der Waals surface area (Å²) in [7, 11) is 0. The van der Waals surface area contributed by atoms with Gasteiger partial charge in [-0.25, -0.2) is 4.39 Å². The number of carbonyl (C=O) groups excluding carboxylic acids is 1. The molecule has 1 atom stereocenters. The van der Waals surface area contributed by atoms with Crippen LogP contribution in [0.4, 0.5) is 10.1 Å². The highest BCUT2D eigenvalue weighted by molar-refractivity contribution is 8.00. The first-order valence-corrected chi connectivity index (χ1v) is 10.2. The van der Waals surface area contributed by atoms with Crippen LogP contribution >= 0.6 is 11.8 Å². The number of hydrogen-bond donors (Lipinski definition) is 1. The van der Waals surface area contributed by atoms with Crippen molar-refractivity contribution >= 4 is 29.0 Å². The summed E-state index contributed by atoms with van der Waals surface area (Å²) < 4.78 is 16.1. The van der Waals surface area contributed by atoms with Crippen molar-refractivity contribution in [1.29, 1.82) is 0 Å². The molecule has 0 aliphatic carbocycles. The van der Waals surface area contributed by atoms with Crippen molar-refractivity contribution in [2.24, 2.45) is 0 Å². The van der Waals surface area contributed by atoms with Gasteiger partial charge in [0, 0.05) is 23.8 Å². The van der Waals surface area contributed by atoms with E-state index < -0.39 is 5.25 Å². The number of nitrogens with zero attached hydrogens (tertiary/aromatic N) is 4. The molecule has 152 valence electrons. The van der Waals surface area contributed by atoms with Crippen LogP contribution < -0.4 is 10.9 Å². The summed E-state index contributed by atoms with van der Waals surface area (Å²) in [6.07, 6.45) is 3.89. The van der Waals surface area contributed by atoms with E-state index in [1.807, 2.05) is 37.3 Å². The Hall–Kier alpha value is -3.46. The maximum atomic E-state index is 13.1. The zero-order chi connectivity index (χ0) is 21.1. The monoisotopic (exact) mass is 423 g/mol. The normalized spacial score (nSPS) is 12.1. The van der Waals surface area contributed by atoms with Crippen LogP contribution in [0.5, 0.6) is 0 Å². The van der Waals surface area contributed by atoms with E-state index >= 15 is 0 Å². The van der Waals surface area contributed by atoms with Crippen LogP contribution in [0.15, 0.2) is 76.9 Å². The fraction of sp³-hybridized carbons (Fsp3) is 0.143. The molecule has 0 bridgehead atoms. The molecular weight excluding hydrogens is 405 g/mol. The first-order chi connectivity index (χ1) is 14.6. The van der Waals surface area contributed by atoms with Gasteiger partial charge in [-0.15, -0.1) is 10.2 Å². The molecule has 4 rings (SSSR count). The van der Waals surface area contributed by atoms with E-state index in [-0.39, 0.29) is 22.9 Å². The van der Waals surface area contributed by atoms with Crippen molar-refractivity contribution in [1.82, 2.24) is 19.2 Å². The lowest BCUT2D eigenvalue weighted by Crippen LogP contribution is -2.25. The fourth-order valence-corrected chi connectivity index (χ4v) is 3.88. The molecule has 0 unspecified atom stereocenters. The molecule has 30 heavy (non-hydrogen) atoms. The molecule has 0 radical (unpaired) electrons. The molecule has 9 heteroatoms. The number of amides is 1. The zero-order valence-electron chi connectivity index (χ0n) is 16.0. The van der Waals surface area contributed by atoms with Crippen molar-refractivity contribution < 1.29 is 9.18 Å². The number of thioether (sulfide) groups is 1. The molecule has 0 saturated heterocycles. The van der Waals surface area contributed by atoms with E-state index in [4.69, 9.17) is 0 Å². The number of para-hydroxylation sites is 1. The number of carbonyl (C=O) groups is 1. The van der Waals surface area contributed by atoms with Crippen LogP contribution in [0.25, 0.3) is 11.3 Å². The van der Waals surface area contributed by atoms with Gasteiger partial charge in [0.15, 0.2) is 5.16 Å². The Morgan fingerprint density at radius 3 is 2.53 bits per heavy atom. The number of anilines is 1. The maximum Gasteiger partial charge on any atom is 0.300 e. The van der Waals surface area contributed by atoms with Gasteiger partial charge in [-0.2, -0.15) is 0 Å². The highest BCUT2D eigenvalue weighted by atomic mass is 32.2. The summed E-state index contributed by atoms with van der Waals surface area (Å²) in [6, 6.07) is 14.8. The third-order valence-corrected chi connectivity index (χ3v) is 5.82. The largest absolute Gasteiger partial charge is 0.325 e. The number of nitrogens with one attached hydrogen (secondary N) is 1. The maximum absolute atomic E-state index is 13.1. The molecule has 1 amide bonds. The van der Waals surface area contributed by atoms with E-state index in [0.717, 1.165) is 5.69 Å². The van der Waals surface area contributed by atoms with Gasteiger partial charge in [0.1, 0.15) is 5.82 Å². The lowest BCUT2D eigenvalue weighted by atomic mass is 10.2. The van der Waals surface area contributed by atoms with Crippen LogP contribution in [0.3, 0.4) is 0 Å². The van der Waals surface area contributed by atoms with Crippen LogP contribution in [0.2, 0.25) is 0 Å². The lowest BCUT2D eigenvalue weighted by molar-refractivity contribution is -0.115.